The third-order valence-electron chi connectivity index (χ3n) is 4.34. The molecule has 0 radical (unpaired) electrons. The molecule has 0 fully saturated rings. The van der Waals surface area contributed by atoms with Crippen LogP contribution in [-0.2, 0) is 6.54 Å². The van der Waals surface area contributed by atoms with E-state index in [0.29, 0.717) is 18.0 Å². The molecule has 3 amide bonds. The van der Waals surface area contributed by atoms with Gasteiger partial charge in [-0.05, 0) is 35.1 Å². The number of carbonyl (C=O) groups is 2. The van der Waals surface area contributed by atoms with Crippen LogP contribution in [0.4, 0.5) is 4.79 Å². The quantitative estimate of drug-likeness (QED) is 0.669. The van der Waals surface area contributed by atoms with Crippen LogP contribution in [0, 0.1) is 5.92 Å². The lowest BCUT2D eigenvalue weighted by molar-refractivity contribution is 0.0920. The highest BCUT2D eigenvalue weighted by Crippen LogP contribution is 2.30. The lowest BCUT2D eigenvalue weighted by atomic mass is 9.92. The van der Waals surface area contributed by atoms with Crippen molar-refractivity contribution in [3.63, 3.8) is 0 Å². The van der Waals surface area contributed by atoms with Gasteiger partial charge in [-0.3, -0.25) is 4.79 Å². The van der Waals surface area contributed by atoms with Gasteiger partial charge in [-0.1, -0.05) is 44.9 Å². The van der Waals surface area contributed by atoms with E-state index in [-0.39, 0.29) is 11.9 Å². The van der Waals surface area contributed by atoms with Crippen LogP contribution in [-0.4, -0.2) is 11.9 Å². The monoisotopic (exact) mass is 359 g/mol. The van der Waals surface area contributed by atoms with Crippen molar-refractivity contribution in [2.75, 3.05) is 0 Å². The van der Waals surface area contributed by atoms with E-state index in [9.17, 15) is 9.59 Å². The second kappa shape index (κ2) is 9.22. The Morgan fingerprint density at radius 3 is 2.32 bits per heavy atom. The fraction of sp³-hybridized carbons (Fsp3) is 0.368. The molecule has 2 rings (SSSR count). The van der Waals surface area contributed by atoms with E-state index in [0.717, 1.165) is 18.4 Å². The topological polar surface area (TPSA) is 84.2 Å². The fourth-order valence-corrected chi connectivity index (χ4v) is 3.71. The molecule has 0 saturated heterocycles. The number of carbonyl (C=O) groups excluding carboxylic acids is 2. The SMILES string of the molecule is CCC(CC)C(NC(=O)c1ccc(CNC(N)=O)cc1)c1cccs1. The van der Waals surface area contributed by atoms with Gasteiger partial charge in [0, 0.05) is 17.0 Å². The van der Waals surface area contributed by atoms with Crippen LogP contribution in [0.3, 0.4) is 0 Å². The molecule has 0 aliphatic carbocycles. The molecule has 1 aromatic carbocycles. The first-order valence-electron chi connectivity index (χ1n) is 8.51. The van der Waals surface area contributed by atoms with Gasteiger partial charge in [0.2, 0.25) is 0 Å². The minimum absolute atomic E-state index is 0.0266. The summed E-state index contributed by atoms with van der Waals surface area (Å²) in [5.41, 5.74) is 6.56. The predicted molar refractivity (Wildman–Crippen MR) is 101 cm³/mol. The van der Waals surface area contributed by atoms with Crippen molar-refractivity contribution >= 4 is 23.3 Å². The van der Waals surface area contributed by atoms with E-state index >= 15 is 0 Å². The Morgan fingerprint density at radius 2 is 1.80 bits per heavy atom. The molecular formula is C19H25N3O2S. The van der Waals surface area contributed by atoms with E-state index in [2.05, 4.69) is 30.5 Å². The minimum Gasteiger partial charge on any atom is -0.352 e. The van der Waals surface area contributed by atoms with Gasteiger partial charge in [0.1, 0.15) is 0 Å². The highest BCUT2D eigenvalue weighted by atomic mass is 32.1. The molecule has 0 saturated carbocycles. The lowest BCUT2D eigenvalue weighted by Gasteiger charge is -2.25. The number of hydrogen-bond acceptors (Lipinski definition) is 3. The Hall–Kier alpha value is -2.34. The molecule has 1 heterocycles. The van der Waals surface area contributed by atoms with Crippen molar-refractivity contribution in [3.8, 4) is 0 Å². The van der Waals surface area contributed by atoms with Crippen LogP contribution < -0.4 is 16.4 Å². The molecule has 5 nitrogen and oxygen atoms in total. The maximum absolute atomic E-state index is 12.7. The molecule has 0 aliphatic rings. The zero-order valence-corrected chi connectivity index (χ0v) is 15.4. The molecule has 1 unspecified atom stereocenters. The van der Waals surface area contributed by atoms with Crippen molar-refractivity contribution < 1.29 is 9.59 Å². The maximum Gasteiger partial charge on any atom is 0.312 e. The van der Waals surface area contributed by atoms with Gasteiger partial charge in [-0.2, -0.15) is 0 Å². The number of urea groups is 1. The summed E-state index contributed by atoms with van der Waals surface area (Å²) in [6.45, 7) is 4.66. The standard InChI is InChI=1S/C19H25N3O2S/c1-3-14(4-2)17(16-6-5-11-25-16)22-18(23)15-9-7-13(8-10-15)12-21-19(20)24/h5-11,14,17H,3-4,12H2,1-2H3,(H,22,23)(H3,20,21,24). The Balaban J connectivity index is 2.08. The number of amides is 3. The molecule has 0 bridgehead atoms. The number of benzene rings is 1. The van der Waals surface area contributed by atoms with Crippen LogP contribution in [0.1, 0.15) is 53.5 Å². The Kier molecular flexibility index (Phi) is 7.01. The summed E-state index contributed by atoms with van der Waals surface area (Å²) < 4.78 is 0. The number of hydrogen-bond donors (Lipinski definition) is 3. The molecule has 2 aromatic rings. The molecule has 1 aromatic heterocycles. The minimum atomic E-state index is -0.564. The Morgan fingerprint density at radius 1 is 1.12 bits per heavy atom. The van der Waals surface area contributed by atoms with E-state index in [1.54, 1.807) is 23.5 Å². The number of primary amides is 1. The third-order valence-corrected chi connectivity index (χ3v) is 5.29. The number of nitrogens with one attached hydrogen (secondary N) is 2. The average Bonchev–Trinajstić information content (AvgIpc) is 3.14. The maximum atomic E-state index is 12.7. The van der Waals surface area contributed by atoms with Crippen molar-refractivity contribution in [1.29, 1.82) is 0 Å². The largest absolute Gasteiger partial charge is 0.352 e. The van der Waals surface area contributed by atoms with Gasteiger partial charge in [-0.15, -0.1) is 11.3 Å². The van der Waals surface area contributed by atoms with Gasteiger partial charge in [-0.25, -0.2) is 4.79 Å². The van der Waals surface area contributed by atoms with E-state index in [1.807, 2.05) is 23.6 Å². The first-order valence-corrected chi connectivity index (χ1v) is 9.39. The van der Waals surface area contributed by atoms with E-state index in [4.69, 9.17) is 5.73 Å². The van der Waals surface area contributed by atoms with Gasteiger partial charge in [0.15, 0.2) is 0 Å². The third kappa shape index (κ3) is 5.32. The summed E-state index contributed by atoms with van der Waals surface area (Å²) in [7, 11) is 0. The summed E-state index contributed by atoms with van der Waals surface area (Å²) in [6, 6.07) is 10.7. The Bertz CT molecular complexity index is 679. The summed E-state index contributed by atoms with van der Waals surface area (Å²) >= 11 is 1.67. The van der Waals surface area contributed by atoms with Gasteiger partial charge >= 0.3 is 6.03 Å². The second-order valence-corrected chi connectivity index (χ2v) is 6.94. The normalized spacial score (nSPS) is 12.0. The lowest BCUT2D eigenvalue weighted by Crippen LogP contribution is -2.32. The van der Waals surface area contributed by atoms with Crippen LogP contribution in [0.25, 0.3) is 0 Å². The zero-order chi connectivity index (χ0) is 18.2. The first-order chi connectivity index (χ1) is 12.0. The van der Waals surface area contributed by atoms with Crippen LogP contribution in [0.2, 0.25) is 0 Å². The molecule has 0 aliphatic heterocycles. The second-order valence-electron chi connectivity index (χ2n) is 5.96. The van der Waals surface area contributed by atoms with Crippen LogP contribution in [0.5, 0.6) is 0 Å². The molecule has 1 atom stereocenters. The van der Waals surface area contributed by atoms with E-state index in [1.165, 1.54) is 4.88 Å². The average molecular weight is 359 g/mol. The zero-order valence-electron chi connectivity index (χ0n) is 14.6. The predicted octanol–water partition coefficient (Wildman–Crippen LogP) is 3.82. The molecule has 25 heavy (non-hydrogen) atoms. The smallest absolute Gasteiger partial charge is 0.312 e. The van der Waals surface area contributed by atoms with Crippen LogP contribution >= 0.6 is 11.3 Å². The number of rotatable bonds is 8. The molecule has 0 spiro atoms. The highest BCUT2D eigenvalue weighted by Gasteiger charge is 2.23. The molecule has 4 N–H and O–H groups in total. The van der Waals surface area contributed by atoms with Crippen molar-refractivity contribution in [2.24, 2.45) is 11.7 Å². The summed E-state index contributed by atoms with van der Waals surface area (Å²) in [5.74, 6) is 0.321. The number of thiophene rings is 1. The van der Waals surface area contributed by atoms with Gasteiger partial charge < -0.3 is 16.4 Å². The highest BCUT2D eigenvalue weighted by molar-refractivity contribution is 7.10. The van der Waals surface area contributed by atoms with Crippen molar-refractivity contribution in [1.82, 2.24) is 10.6 Å². The Labute approximate surface area is 152 Å². The summed E-state index contributed by atoms with van der Waals surface area (Å²) in [5, 5.41) is 7.76. The summed E-state index contributed by atoms with van der Waals surface area (Å²) in [4.78, 5) is 24.6. The first kappa shape index (κ1) is 19.0. The van der Waals surface area contributed by atoms with Gasteiger partial charge in [0.05, 0.1) is 6.04 Å². The number of nitrogens with two attached hydrogens (primary N) is 1. The van der Waals surface area contributed by atoms with Crippen LogP contribution in [0.15, 0.2) is 41.8 Å². The molecular weight excluding hydrogens is 334 g/mol. The summed E-state index contributed by atoms with van der Waals surface area (Å²) in [6.07, 6.45) is 2.02. The molecule has 134 valence electrons. The van der Waals surface area contributed by atoms with Crippen molar-refractivity contribution in [3.05, 3.63) is 57.8 Å². The van der Waals surface area contributed by atoms with Gasteiger partial charge in [0.25, 0.3) is 5.91 Å². The fourth-order valence-electron chi connectivity index (χ4n) is 2.84. The van der Waals surface area contributed by atoms with Crippen molar-refractivity contribution in [2.45, 2.75) is 39.3 Å². The van der Waals surface area contributed by atoms with E-state index < -0.39 is 6.03 Å². The molecule has 6 heteroatoms.